The molecular formula is C12H14N4O4. The van der Waals surface area contributed by atoms with E-state index in [2.05, 4.69) is 15.0 Å². The Morgan fingerprint density at radius 2 is 1.45 bits per heavy atom. The summed E-state index contributed by atoms with van der Waals surface area (Å²) in [6, 6.07) is 5.18. The first-order valence-corrected chi connectivity index (χ1v) is 5.61. The van der Waals surface area contributed by atoms with Crippen LogP contribution in [0.25, 0.3) is 0 Å². The lowest BCUT2D eigenvalue weighted by Gasteiger charge is -2.08. The normalized spacial score (nSPS) is 9.95. The van der Waals surface area contributed by atoms with Crippen LogP contribution in [0.2, 0.25) is 0 Å². The molecule has 0 aliphatic carbocycles. The second kappa shape index (κ2) is 5.91. The zero-order valence-corrected chi connectivity index (χ0v) is 11.3. The van der Waals surface area contributed by atoms with E-state index in [-0.39, 0.29) is 18.0 Å². The van der Waals surface area contributed by atoms with Gasteiger partial charge < -0.3 is 24.7 Å². The Balaban J connectivity index is 2.27. The Bertz CT molecular complexity index is 584. The van der Waals surface area contributed by atoms with E-state index in [1.54, 1.807) is 18.2 Å². The average Bonchev–Trinajstić information content (AvgIpc) is 2.47. The number of hydrogen-bond donors (Lipinski definition) is 1. The maximum Gasteiger partial charge on any atom is 0.331 e. The molecule has 0 unspecified atom stereocenters. The number of ether oxygens (including phenoxy) is 4. The first-order chi connectivity index (χ1) is 9.66. The summed E-state index contributed by atoms with van der Waals surface area (Å²) < 4.78 is 20.4. The van der Waals surface area contributed by atoms with Crippen LogP contribution in [0.1, 0.15) is 0 Å². The number of rotatable bonds is 5. The molecule has 0 spiro atoms. The molecule has 2 rings (SSSR count). The Kier molecular flexibility index (Phi) is 4.04. The summed E-state index contributed by atoms with van der Waals surface area (Å²) in [5, 5.41) is 0. The van der Waals surface area contributed by atoms with E-state index >= 15 is 0 Å². The van der Waals surface area contributed by atoms with E-state index in [1.807, 2.05) is 0 Å². The monoisotopic (exact) mass is 278 g/mol. The van der Waals surface area contributed by atoms with Gasteiger partial charge in [-0.2, -0.15) is 0 Å². The summed E-state index contributed by atoms with van der Waals surface area (Å²) >= 11 is 0. The fraction of sp³-hybridized carbons (Fsp3) is 0.250. The Morgan fingerprint density at radius 3 is 1.95 bits per heavy atom. The van der Waals surface area contributed by atoms with Crippen molar-refractivity contribution in [1.82, 2.24) is 15.0 Å². The third-order valence-corrected chi connectivity index (χ3v) is 2.35. The Morgan fingerprint density at radius 1 is 0.850 bits per heavy atom. The molecule has 0 saturated carbocycles. The molecule has 20 heavy (non-hydrogen) atoms. The molecular weight excluding hydrogens is 264 g/mol. The van der Waals surface area contributed by atoms with Crippen LogP contribution in [-0.2, 0) is 0 Å². The van der Waals surface area contributed by atoms with Crippen LogP contribution in [0.15, 0.2) is 18.2 Å². The van der Waals surface area contributed by atoms with Gasteiger partial charge in [-0.05, 0) is 12.1 Å². The lowest BCUT2D eigenvalue weighted by Crippen LogP contribution is -2.01. The van der Waals surface area contributed by atoms with Crippen molar-refractivity contribution in [2.24, 2.45) is 0 Å². The predicted octanol–water partition coefficient (Wildman–Crippen LogP) is 1.27. The van der Waals surface area contributed by atoms with Crippen molar-refractivity contribution in [2.45, 2.75) is 0 Å². The lowest BCUT2D eigenvalue weighted by molar-refractivity contribution is 0.320. The summed E-state index contributed by atoms with van der Waals surface area (Å²) in [5.74, 6) is 1.02. The highest BCUT2D eigenvalue weighted by Crippen LogP contribution is 2.28. The topological polar surface area (TPSA) is 102 Å². The van der Waals surface area contributed by atoms with Gasteiger partial charge in [0.25, 0.3) is 0 Å². The third kappa shape index (κ3) is 2.97. The van der Waals surface area contributed by atoms with Crippen LogP contribution in [0, 0.1) is 0 Å². The molecule has 0 amide bonds. The molecule has 0 aliphatic rings. The highest BCUT2D eigenvalue weighted by molar-refractivity contribution is 5.56. The molecule has 0 fully saturated rings. The second-order valence-electron chi connectivity index (χ2n) is 3.60. The summed E-state index contributed by atoms with van der Waals surface area (Å²) in [7, 11) is 4.40. The van der Waals surface area contributed by atoms with Crippen molar-refractivity contribution in [3.63, 3.8) is 0 Å². The van der Waals surface area contributed by atoms with Crippen molar-refractivity contribution in [3.05, 3.63) is 18.2 Å². The van der Waals surface area contributed by atoms with Crippen molar-refractivity contribution in [3.8, 4) is 29.5 Å². The van der Waals surface area contributed by atoms with Crippen LogP contribution >= 0.6 is 0 Å². The molecule has 8 nitrogen and oxygen atoms in total. The molecule has 0 radical (unpaired) electrons. The smallest absolute Gasteiger partial charge is 0.331 e. The van der Waals surface area contributed by atoms with Gasteiger partial charge in [0.1, 0.15) is 11.5 Å². The SMILES string of the molecule is COc1nc(OC)nc(Oc2ccc(OC)c(N)c2)n1. The van der Waals surface area contributed by atoms with Crippen LogP contribution < -0.4 is 24.7 Å². The summed E-state index contributed by atoms with van der Waals surface area (Å²) in [6.45, 7) is 0. The van der Waals surface area contributed by atoms with Crippen LogP contribution in [0.4, 0.5) is 5.69 Å². The Hall–Kier alpha value is -2.77. The van der Waals surface area contributed by atoms with Gasteiger partial charge in [0.05, 0.1) is 27.0 Å². The molecule has 0 atom stereocenters. The Labute approximate surface area is 115 Å². The lowest BCUT2D eigenvalue weighted by atomic mass is 10.3. The first kappa shape index (κ1) is 13.7. The van der Waals surface area contributed by atoms with Crippen molar-refractivity contribution < 1.29 is 18.9 Å². The fourth-order valence-corrected chi connectivity index (χ4v) is 1.43. The molecule has 0 aliphatic heterocycles. The number of anilines is 1. The number of nitrogens with two attached hydrogens (primary N) is 1. The van der Waals surface area contributed by atoms with Gasteiger partial charge in [-0.1, -0.05) is 0 Å². The first-order valence-electron chi connectivity index (χ1n) is 5.61. The highest BCUT2D eigenvalue weighted by atomic mass is 16.5. The maximum absolute atomic E-state index is 5.79. The van der Waals surface area contributed by atoms with Gasteiger partial charge in [0.2, 0.25) is 0 Å². The van der Waals surface area contributed by atoms with Gasteiger partial charge >= 0.3 is 18.0 Å². The van der Waals surface area contributed by atoms with E-state index in [0.29, 0.717) is 17.2 Å². The minimum atomic E-state index is 0.0401. The minimum Gasteiger partial charge on any atom is -0.495 e. The molecule has 1 heterocycles. The van der Waals surface area contributed by atoms with Gasteiger partial charge in [-0.15, -0.1) is 15.0 Å². The van der Waals surface area contributed by atoms with Crippen molar-refractivity contribution >= 4 is 5.69 Å². The van der Waals surface area contributed by atoms with Crippen LogP contribution in [0.5, 0.6) is 29.5 Å². The molecule has 1 aromatic heterocycles. The van der Waals surface area contributed by atoms with Crippen molar-refractivity contribution in [2.75, 3.05) is 27.1 Å². The summed E-state index contributed by atoms with van der Waals surface area (Å²) in [4.78, 5) is 11.8. The highest BCUT2D eigenvalue weighted by Gasteiger charge is 2.10. The van der Waals surface area contributed by atoms with E-state index in [1.165, 1.54) is 21.3 Å². The molecule has 0 saturated heterocycles. The standard InChI is InChI=1S/C12H14N4O4/c1-17-9-5-4-7(6-8(9)13)20-12-15-10(18-2)14-11(16-12)19-3/h4-6H,13H2,1-3H3. The van der Waals surface area contributed by atoms with E-state index in [4.69, 9.17) is 24.7 Å². The minimum absolute atomic E-state index is 0.0401. The number of benzene rings is 1. The van der Waals surface area contributed by atoms with E-state index in [0.717, 1.165) is 0 Å². The number of aromatic nitrogens is 3. The quantitative estimate of drug-likeness (QED) is 0.816. The molecule has 0 bridgehead atoms. The molecule has 8 heteroatoms. The van der Waals surface area contributed by atoms with Gasteiger partial charge in [-0.25, -0.2) is 0 Å². The zero-order chi connectivity index (χ0) is 14.5. The number of hydrogen-bond acceptors (Lipinski definition) is 8. The van der Waals surface area contributed by atoms with Crippen molar-refractivity contribution in [1.29, 1.82) is 0 Å². The molecule has 106 valence electrons. The number of nitrogen functional groups attached to an aromatic ring is 1. The zero-order valence-electron chi connectivity index (χ0n) is 11.3. The molecule has 2 N–H and O–H groups in total. The van der Waals surface area contributed by atoms with E-state index in [9.17, 15) is 0 Å². The van der Waals surface area contributed by atoms with Gasteiger partial charge in [0, 0.05) is 6.07 Å². The predicted molar refractivity (Wildman–Crippen MR) is 70.4 cm³/mol. The molecule has 1 aromatic carbocycles. The number of methoxy groups -OCH3 is 3. The van der Waals surface area contributed by atoms with Gasteiger partial charge in [0.15, 0.2) is 0 Å². The van der Waals surface area contributed by atoms with E-state index < -0.39 is 0 Å². The van der Waals surface area contributed by atoms with Crippen LogP contribution in [-0.4, -0.2) is 36.3 Å². The largest absolute Gasteiger partial charge is 0.495 e. The number of nitrogens with zero attached hydrogens (tertiary/aromatic N) is 3. The summed E-state index contributed by atoms with van der Waals surface area (Å²) in [5.41, 5.74) is 6.23. The average molecular weight is 278 g/mol. The van der Waals surface area contributed by atoms with Gasteiger partial charge in [-0.3, -0.25) is 0 Å². The fourth-order valence-electron chi connectivity index (χ4n) is 1.43. The summed E-state index contributed by atoms with van der Waals surface area (Å²) in [6.07, 6.45) is 0. The van der Waals surface area contributed by atoms with Crippen LogP contribution in [0.3, 0.4) is 0 Å². The molecule has 2 aromatic rings. The maximum atomic E-state index is 5.79. The third-order valence-electron chi connectivity index (χ3n) is 2.35. The second-order valence-corrected chi connectivity index (χ2v) is 3.60.